The second-order valence-corrected chi connectivity index (χ2v) is 8.17. The van der Waals surface area contributed by atoms with Crippen LogP contribution in [-0.2, 0) is 12.8 Å². The highest BCUT2D eigenvalue weighted by Crippen LogP contribution is 2.31. The molecule has 2 atom stereocenters. The van der Waals surface area contributed by atoms with Crippen LogP contribution in [0.5, 0.6) is 0 Å². The highest BCUT2D eigenvalue weighted by Gasteiger charge is 2.30. The number of nitrogens with zero attached hydrogens (tertiary/aromatic N) is 1. The van der Waals surface area contributed by atoms with Gasteiger partial charge in [0.05, 0.1) is 17.8 Å². The van der Waals surface area contributed by atoms with E-state index in [0.29, 0.717) is 0 Å². The van der Waals surface area contributed by atoms with Crippen molar-refractivity contribution in [1.82, 2.24) is 10.3 Å². The van der Waals surface area contributed by atoms with Crippen molar-refractivity contribution < 1.29 is 5.11 Å². The van der Waals surface area contributed by atoms with Gasteiger partial charge in [-0.05, 0) is 32.1 Å². The van der Waals surface area contributed by atoms with E-state index >= 15 is 0 Å². The molecule has 0 radical (unpaired) electrons. The van der Waals surface area contributed by atoms with Crippen molar-refractivity contribution in [2.75, 3.05) is 6.54 Å². The van der Waals surface area contributed by atoms with Crippen molar-refractivity contribution in [1.29, 1.82) is 0 Å². The molecule has 1 aliphatic rings. The largest absolute Gasteiger partial charge is 0.392 e. The number of fused-ring (bicyclic) bond motifs is 1. The number of aliphatic hydroxyl groups is 1. The van der Waals surface area contributed by atoms with E-state index in [1.165, 1.54) is 28.4 Å². The van der Waals surface area contributed by atoms with Crippen molar-refractivity contribution in [2.24, 2.45) is 11.3 Å². The van der Waals surface area contributed by atoms with Gasteiger partial charge in [-0.3, -0.25) is 0 Å². The molecule has 0 spiro atoms. The van der Waals surface area contributed by atoms with Crippen LogP contribution in [-0.4, -0.2) is 22.7 Å². The Morgan fingerprint density at radius 2 is 2.00 bits per heavy atom. The van der Waals surface area contributed by atoms with Gasteiger partial charge in [-0.15, -0.1) is 11.3 Å². The van der Waals surface area contributed by atoms with Gasteiger partial charge in [0.1, 0.15) is 5.01 Å². The second kappa shape index (κ2) is 6.12. The Hall–Kier alpha value is -0.450. The molecule has 1 aromatic rings. The van der Waals surface area contributed by atoms with Crippen LogP contribution in [0.1, 0.15) is 62.7 Å². The van der Waals surface area contributed by atoms with E-state index in [-0.39, 0.29) is 23.5 Å². The monoisotopic (exact) mass is 296 g/mol. The molecule has 0 fully saturated rings. The molecule has 0 aromatic carbocycles. The van der Waals surface area contributed by atoms with Crippen LogP contribution in [0.2, 0.25) is 0 Å². The first-order valence-corrected chi connectivity index (χ1v) is 8.53. The zero-order valence-electron chi connectivity index (χ0n) is 13.4. The fourth-order valence-electron chi connectivity index (χ4n) is 2.91. The summed E-state index contributed by atoms with van der Waals surface area (Å²) in [4.78, 5) is 6.25. The number of aliphatic hydroxyl groups excluding tert-OH is 1. The summed E-state index contributed by atoms with van der Waals surface area (Å²) < 4.78 is 0. The van der Waals surface area contributed by atoms with E-state index < -0.39 is 0 Å². The summed E-state index contributed by atoms with van der Waals surface area (Å²) in [5.74, 6) is 0.283. The maximum Gasteiger partial charge on any atom is 0.110 e. The number of hydrogen-bond donors (Lipinski definition) is 2. The fraction of sp³-hybridized carbons (Fsp3) is 0.812. The normalized spacial score (nSPS) is 18.4. The number of aryl methyl sites for hydroxylation is 2. The second-order valence-electron chi connectivity index (χ2n) is 7.06. The van der Waals surface area contributed by atoms with Gasteiger partial charge >= 0.3 is 0 Å². The van der Waals surface area contributed by atoms with Crippen LogP contribution < -0.4 is 5.32 Å². The third-order valence-corrected chi connectivity index (χ3v) is 5.62. The van der Waals surface area contributed by atoms with E-state index in [4.69, 9.17) is 4.98 Å². The van der Waals surface area contributed by atoms with Crippen molar-refractivity contribution in [3.05, 3.63) is 15.6 Å². The predicted octanol–water partition coefficient (Wildman–Crippen LogP) is 3.33. The third-order valence-electron chi connectivity index (χ3n) is 4.28. The molecule has 2 N–H and O–H groups in total. The lowest BCUT2D eigenvalue weighted by molar-refractivity contribution is 0.0123. The van der Waals surface area contributed by atoms with Gasteiger partial charge in [-0.2, -0.15) is 0 Å². The molecule has 0 aliphatic heterocycles. The SMILES string of the molecule is CC(NCC(C)(C)C(O)C(C)C)c1nc2c(s1)CCC2. The smallest absolute Gasteiger partial charge is 0.110 e. The van der Waals surface area contributed by atoms with Crippen LogP contribution in [0.15, 0.2) is 0 Å². The molecule has 1 heterocycles. The lowest BCUT2D eigenvalue weighted by atomic mass is 9.80. The summed E-state index contributed by atoms with van der Waals surface area (Å²) in [7, 11) is 0. The van der Waals surface area contributed by atoms with Crippen LogP contribution in [0.4, 0.5) is 0 Å². The minimum atomic E-state index is -0.288. The molecule has 2 unspecified atom stereocenters. The minimum Gasteiger partial charge on any atom is -0.392 e. The van der Waals surface area contributed by atoms with Crippen LogP contribution >= 0.6 is 11.3 Å². The van der Waals surface area contributed by atoms with Crippen molar-refractivity contribution in [2.45, 2.75) is 66.0 Å². The zero-order chi connectivity index (χ0) is 14.9. The van der Waals surface area contributed by atoms with Gasteiger partial charge < -0.3 is 10.4 Å². The number of thiazole rings is 1. The first-order valence-electron chi connectivity index (χ1n) is 7.71. The molecule has 0 saturated carbocycles. The predicted molar refractivity (Wildman–Crippen MR) is 85.2 cm³/mol. The van der Waals surface area contributed by atoms with E-state index in [2.05, 4.69) is 39.9 Å². The van der Waals surface area contributed by atoms with Crippen LogP contribution in [0.3, 0.4) is 0 Å². The molecule has 1 aromatic heterocycles. The Balaban J connectivity index is 1.92. The molecule has 4 heteroatoms. The van der Waals surface area contributed by atoms with Crippen LogP contribution in [0, 0.1) is 11.3 Å². The summed E-state index contributed by atoms with van der Waals surface area (Å²) in [5.41, 5.74) is 1.20. The first kappa shape index (κ1) is 15.9. The Morgan fingerprint density at radius 1 is 1.30 bits per heavy atom. The molecular weight excluding hydrogens is 268 g/mol. The van der Waals surface area contributed by atoms with Gasteiger partial charge in [0.2, 0.25) is 0 Å². The number of rotatable bonds is 6. The fourth-order valence-corrected chi connectivity index (χ4v) is 4.09. The van der Waals surface area contributed by atoms with Crippen molar-refractivity contribution >= 4 is 11.3 Å². The topological polar surface area (TPSA) is 45.1 Å². The highest BCUT2D eigenvalue weighted by atomic mass is 32.1. The Bertz CT molecular complexity index is 432. The molecule has 1 aliphatic carbocycles. The number of nitrogens with one attached hydrogen (secondary N) is 1. The number of hydrogen-bond acceptors (Lipinski definition) is 4. The van der Waals surface area contributed by atoms with E-state index in [1.807, 2.05) is 11.3 Å². The molecular formula is C16H28N2OS. The first-order chi connectivity index (χ1) is 9.31. The minimum absolute atomic E-state index is 0.123. The van der Waals surface area contributed by atoms with E-state index in [1.54, 1.807) is 0 Å². The average Bonchev–Trinajstić information content (AvgIpc) is 2.95. The number of aromatic nitrogens is 1. The van der Waals surface area contributed by atoms with Crippen LogP contribution in [0.25, 0.3) is 0 Å². The standard InChI is InChI=1S/C16H28N2OS/c1-10(2)14(19)16(4,5)9-17-11(3)15-18-12-7-6-8-13(12)20-15/h10-11,14,17,19H,6-9H2,1-5H3. The molecule has 2 rings (SSSR count). The summed E-state index contributed by atoms with van der Waals surface area (Å²) in [5, 5.41) is 15.0. The Labute approximate surface area is 126 Å². The molecule has 20 heavy (non-hydrogen) atoms. The third kappa shape index (κ3) is 3.41. The van der Waals surface area contributed by atoms with Crippen molar-refractivity contribution in [3.8, 4) is 0 Å². The molecule has 0 saturated heterocycles. The maximum absolute atomic E-state index is 10.3. The highest BCUT2D eigenvalue weighted by molar-refractivity contribution is 7.11. The van der Waals surface area contributed by atoms with Crippen molar-refractivity contribution in [3.63, 3.8) is 0 Å². The summed E-state index contributed by atoms with van der Waals surface area (Å²) in [6.45, 7) is 11.4. The van der Waals surface area contributed by atoms with E-state index in [0.717, 1.165) is 13.0 Å². The Kier molecular flexibility index (Phi) is 4.88. The molecule has 0 amide bonds. The van der Waals surface area contributed by atoms with Gasteiger partial charge in [0.25, 0.3) is 0 Å². The quantitative estimate of drug-likeness (QED) is 0.846. The molecule has 3 nitrogen and oxygen atoms in total. The lowest BCUT2D eigenvalue weighted by Crippen LogP contribution is -2.42. The van der Waals surface area contributed by atoms with Gasteiger partial charge in [-0.1, -0.05) is 27.7 Å². The van der Waals surface area contributed by atoms with Gasteiger partial charge in [0.15, 0.2) is 0 Å². The Morgan fingerprint density at radius 3 is 2.60 bits per heavy atom. The van der Waals surface area contributed by atoms with E-state index in [9.17, 15) is 5.11 Å². The summed E-state index contributed by atoms with van der Waals surface area (Å²) in [6.07, 6.45) is 3.33. The van der Waals surface area contributed by atoms with Gasteiger partial charge in [0, 0.05) is 16.8 Å². The average molecular weight is 296 g/mol. The molecule has 114 valence electrons. The van der Waals surface area contributed by atoms with Gasteiger partial charge in [-0.25, -0.2) is 4.98 Å². The maximum atomic E-state index is 10.3. The lowest BCUT2D eigenvalue weighted by Gasteiger charge is -2.34. The molecule has 0 bridgehead atoms. The summed E-state index contributed by atoms with van der Waals surface area (Å²) in [6, 6.07) is 0.268. The summed E-state index contributed by atoms with van der Waals surface area (Å²) >= 11 is 1.86. The zero-order valence-corrected chi connectivity index (χ0v) is 14.2.